The van der Waals surface area contributed by atoms with Gasteiger partial charge in [0.2, 0.25) is 0 Å². The Hall–Kier alpha value is -1.13. The lowest BCUT2D eigenvalue weighted by Crippen LogP contribution is -2.47. The molecule has 2 atom stereocenters. The van der Waals surface area contributed by atoms with Crippen molar-refractivity contribution in [2.24, 2.45) is 5.73 Å². The summed E-state index contributed by atoms with van der Waals surface area (Å²) in [5.41, 5.74) is 6.61. The van der Waals surface area contributed by atoms with Crippen molar-refractivity contribution in [3.63, 3.8) is 0 Å². The molecular weight excluding hydrogens is 219 g/mol. The van der Waals surface area contributed by atoms with Crippen LogP contribution in [-0.2, 0) is 4.74 Å². The molecule has 94 valence electrons. The zero-order chi connectivity index (χ0) is 12.3. The molecule has 0 bridgehead atoms. The predicted molar refractivity (Wildman–Crippen MR) is 66.6 cm³/mol. The molecule has 0 spiro atoms. The molecule has 0 aromatic heterocycles. The smallest absolute Gasteiger partial charge is 0.123 e. The number of benzene rings is 1. The van der Waals surface area contributed by atoms with Crippen LogP contribution in [0, 0.1) is 5.82 Å². The molecule has 1 aromatic rings. The number of hydrogen-bond acceptors (Lipinski definition) is 3. The Kier molecular flexibility index (Phi) is 3.97. The first-order valence-corrected chi connectivity index (χ1v) is 6.05. The summed E-state index contributed by atoms with van der Waals surface area (Å²) in [5, 5.41) is 0. The van der Waals surface area contributed by atoms with Crippen LogP contribution in [0.2, 0.25) is 0 Å². The van der Waals surface area contributed by atoms with Gasteiger partial charge in [0.15, 0.2) is 0 Å². The highest BCUT2D eigenvalue weighted by Crippen LogP contribution is 2.21. The van der Waals surface area contributed by atoms with E-state index in [1.165, 1.54) is 12.1 Å². The van der Waals surface area contributed by atoms with E-state index in [0.29, 0.717) is 6.54 Å². The second kappa shape index (κ2) is 5.47. The molecule has 1 aromatic carbocycles. The molecule has 0 aliphatic carbocycles. The van der Waals surface area contributed by atoms with Crippen LogP contribution in [0.5, 0.6) is 0 Å². The van der Waals surface area contributed by atoms with Gasteiger partial charge < -0.3 is 15.4 Å². The molecule has 1 aliphatic rings. The van der Waals surface area contributed by atoms with E-state index >= 15 is 0 Å². The minimum atomic E-state index is -0.200. The Balaban J connectivity index is 2.06. The summed E-state index contributed by atoms with van der Waals surface area (Å²) in [7, 11) is 0. The minimum absolute atomic E-state index is 0.175. The normalized spacial score (nSPS) is 25.0. The Bertz CT molecular complexity index is 355. The van der Waals surface area contributed by atoms with Gasteiger partial charge in [-0.1, -0.05) is 0 Å². The maximum Gasteiger partial charge on any atom is 0.123 e. The number of rotatable bonds is 3. The first kappa shape index (κ1) is 12.3. The number of hydrogen-bond donors (Lipinski definition) is 1. The molecule has 17 heavy (non-hydrogen) atoms. The molecule has 2 unspecified atom stereocenters. The van der Waals surface area contributed by atoms with Crippen molar-refractivity contribution in [2.45, 2.75) is 25.6 Å². The Morgan fingerprint density at radius 2 is 2.06 bits per heavy atom. The second-order valence-corrected chi connectivity index (χ2v) is 4.53. The van der Waals surface area contributed by atoms with E-state index in [-0.39, 0.29) is 18.0 Å². The van der Waals surface area contributed by atoms with Crippen molar-refractivity contribution in [1.82, 2.24) is 0 Å². The molecule has 1 saturated heterocycles. The van der Waals surface area contributed by atoms with E-state index in [9.17, 15) is 4.39 Å². The number of morpholine rings is 1. The number of halogens is 1. The zero-order valence-electron chi connectivity index (χ0n) is 10.1. The molecule has 1 aliphatic heterocycles. The lowest BCUT2D eigenvalue weighted by Gasteiger charge is -2.38. The molecule has 1 fully saturated rings. The summed E-state index contributed by atoms with van der Waals surface area (Å²) in [6, 6.07) is 6.61. The molecule has 1 heterocycles. The van der Waals surface area contributed by atoms with Crippen LogP contribution < -0.4 is 10.6 Å². The summed E-state index contributed by atoms with van der Waals surface area (Å²) in [5.74, 6) is -0.200. The first-order chi connectivity index (χ1) is 8.19. The van der Waals surface area contributed by atoms with E-state index in [0.717, 1.165) is 25.2 Å². The van der Waals surface area contributed by atoms with Gasteiger partial charge in [0, 0.05) is 18.8 Å². The summed E-state index contributed by atoms with van der Waals surface area (Å²) >= 11 is 0. The van der Waals surface area contributed by atoms with Crippen molar-refractivity contribution in [3.05, 3.63) is 30.1 Å². The van der Waals surface area contributed by atoms with Crippen LogP contribution >= 0.6 is 0 Å². The van der Waals surface area contributed by atoms with Gasteiger partial charge >= 0.3 is 0 Å². The zero-order valence-corrected chi connectivity index (χ0v) is 10.1. The van der Waals surface area contributed by atoms with Gasteiger partial charge in [0.25, 0.3) is 0 Å². The number of anilines is 1. The van der Waals surface area contributed by atoms with Crippen molar-refractivity contribution in [3.8, 4) is 0 Å². The fourth-order valence-corrected chi connectivity index (χ4v) is 2.25. The van der Waals surface area contributed by atoms with Crippen LogP contribution in [0.3, 0.4) is 0 Å². The Morgan fingerprint density at radius 1 is 1.35 bits per heavy atom. The lowest BCUT2D eigenvalue weighted by atomic mass is 10.1. The van der Waals surface area contributed by atoms with Crippen LogP contribution in [-0.4, -0.2) is 31.8 Å². The van der Waals surface area contributed by atoms with Gasteiger partial charge in [-0.05, 0) is 44.2 Å². The first-order valence-electron chi connectivity index (χ1n) is 6.05. The molecule has 0 amide bonds. The highest BCUT2D eigenvalue weighted by atomic mass is 19.1. The highest BCUT2D eigenvalue weighted by molar-refractivity contribution is 5.46. The third-order valence-electron chi connectivity index (χ3n) is 3.01. The number of ether oxygens (including phenoxy) is 1. The number of nitrogens with two attached hydrogens (primary N) is 1. The lowest BCUT2D eigenvalue weighted by molar-refractivity contribution is -0.0183. The van der Waals surface area contributed by atoms with Crippen molar-refractivity contribution < 1.29 is 9.13 Å². The largest absolute Gasteiger partial charge is 0.372 e. The van der Waals surface area contributed by atoms with Crippen LogP contribution in [0.15, 0.2) is 24.3 Å². The van der Waals surface area contributed by atoms with Gasteiger partial charge in [-0.25, -0.2) is 4.39 Å². The monoisotopic (exact) mass is 238 g/mol. The SMILES string of the molecule is CC1CN(c2ccc(F)cc2)CC(CCN)O1. The van der Waals surface area contributed by atoms with Gasteiger partial charge in [-0.3, -0.25) is 0 Å². The average Bonchev–Trinajstić information content (AvgIpc) is 2.29. The average molecular weight is 238 g/mol. The maximum absolute atomic E-state index is 12.9. The fraction of sp³-hybridized carbons (Fsp3) is 0.538. The Labute approximate surface area is 101 Å². The number of nitrogens with zero attached hydrogens (tertiary/aromatic N) is 1. The van der Waals surface area contributed by atoms with Crippen molar-refractivity contribution >= 4 is 5.69 Å². The summed E-state index contributed by atoms with van der Waals surface area (Å²) in [6.45, 7) is 4.35. The quantitative estimate of drug-likeness (QED) is 0.872. The van der Waals surface area contributed by atoms with Crippen molar-refractivity contribution in [1.29, 1.82) is 0 Å². The van der Waals surface area contributed by atoms with Gasteiger partial charge in [-0.15, -0.1) is 0 Å². The Morgan fingerprint density at radius 3 is 2.71 bits per heavy atom. The standard InChI is InChI=1S/C13H19FN2O/c1-10-8-16(9-13(17-10)6-7-15)12-4-2-11(14)3-5-12/h2-5,10,13H,6-9,15H2,1H3. The van der Waals surface area contributed by atoms with Gasteiger partial charge in [0.1, 0.15) is 5.82 Å². The van der Waals surface area contributed by atoms with E-state index in [4.69, 9.17) is 10.5 Å². The van der Waals surface area contributed by atoms with E-state index < -0.39 is 0 Å². The molecular formula is C13H19FN2O. The summed E-state index contributed by atoms with van der Waals surface area (Å²) in [4.78, 5) is 2.23. The van der Waals surface area contributed by atoms with Gasteiger partial charge in [0.05, 0.1) is 12.2 Å². The van der Waals surface area contributed by atoms with Crippen LogP contribution in [0.25, 0.3) is 0 Å². The van der Waals surface area contributed by atoms with Crippen molar-refractivity contribution in [2.75, 3.05) is 24.5 Å². The molecule has 2 rings (SSSR count). The topological polar surface area (TPSA) is 38.5 Å². The minimum Gasteiger partial charge on any atom is -0.372 e. The summed E-state index contributed by atoms with van der Waals surface area (Å²) in [6.07, 6.45) is 1.22. The maximum atomic E-state index is 12.9. The van der Waals surface area contributed by atoms with Crippen LogP contribution in [0.1, 0.15) is 13.3 Å². The third-order valence-corrected chi connectivity index (χ3v) is 3.01. The summed E-state index contributed by atoms with van der Waals surface area (Å²) < 4.78 is 18.7. The third kappa shape index (κ3) is 3.17. The molecule has 3 nitrogen and oxygen atoms in total. The molecule has 0 saturated carbocycles. The van der Waals surface area contributed by atoms with Gasteiger partial charge in [-0.2, -0.15) is 0 Å². The second-order valence-electron chi connectivity index (χ2n) is 4.53. The highest BCUT2D eigenvalue weighted by Gasteiger charge is 2.24. The van der Waals surface area contributed by atoms with E-state index in [2.05, 4.69) is 11.8 Å². The van der Waals surface area contributed by atoms with Crippen LogP contribution in [0.4, 0.5) is 10.1 Å². The van der Waals surface area contributed by atoms with E-state index in [1.807, 2.05) is 12.1 Å². The predicted octanol–water partition coefficient (Wildman–Crippen LogP) is 1.77. The molecule has 0 radical (unpaired) electrons. The molecule has 4 heteroatoms. The molecule has 2 N–H and O–H groups in total. The van der Waals surface area contributed by atoms with E-state index in [1.54, 1.807) is 0 Å². The fourth-order valence-electron chi connectivity index (χ4n) is 2.25.